The highest BCUT2D eigenvalue weighted by molar-refractivity contribution is 5.48. The Balaban J connectivity index is 1.92. The van der Waals surface area contributed by atoms with Gasteiger partial charge in [-0.1, -0.05) is 0 Å². The molecule has 104 valence electrons. The van der Waals surface area contributed by atoms with Gasteiger partial charge in [0.1, 0.15) is 5.82 Å². The van der Waals surface area contributed by atoms with Crippen molar-refractivity contribution in [1.29, 1.82) is 0 Å². The Morgan fingerprint density at radius 2 is 2.16 bits per heavy atom. The Labute approximate surface area is 114 Å². The molecule has 0 spiro atoms. The zero-order valence-corrected chi connectivity index (χ0v) is 12.1. The molecule has 6 nitrogen and oxygen atoms in total. The quantitative estimate of drug-likeness (QED) is 0.782. The number of hydrogen-bond acceptors (Lipinski definition) is 4. The summed E-state index contributed by atoms with van der Waals surface area (Å²) in [5.74, 6) is 1.16. The Morgan fingerprint density at radius 1 is 1.37 bits per heavy atom. The number of anilines is 1. The second-order valence-electron chi connectivity index (χ2n) is 4.88. The zero-order valence-electron chi connectivity index (χ0n) is 12.1. The summed E-state index contributed by atoms with van der Waals surface area (Å²) in [6.45, 7) is 4.73. The lowest BCUT2D eigenvalue weighted by Crippen LogP contribution is -2.21. The molecule has 19 heavy (non-hydrogen) atoms. The van der Waals surface area contributed by atoms with E-state index in [4.69, 9.17) is 0 Å². The van der Waals surface area contributed by atoms with Gasteiger partial charge in [0.15, 0.2) is 0 Å². The summed E-state index contributed by atoms with van der Waals surface area (Å²) in [6, 6.07) is 0. The van der Waals surface area contributed by atoms with Crippen LogP contribution >= 0.6 is 0 Å². The van der Waals surface area contributed by atoms with E-state index in [0.29, 0.717) is 0 Å². The lowest BCUT2D eigenvalue weighted by atomic mass is 10.2. The van der Waals surface area contributed by atoms with Crippen molar-refractivity contribution < 1.29 is 0 Å². The van der Waals surface area contributed by atoms with Crippen LogP contribution in [0.15, 0.2) is 18.7 Å². The Kier molecular flexibility index (Phi) is 4.21. The van der Waals surface area contributed by atoms with Gasteiger partial charge in [-0.3, -0.25) is 4.68 Å². The zero-order chi connectivity index (χ0) is 13.8. The van der Waals surface area contributed by atoms with Gasteiger partial charge in [0.25, 0.3) is 0 Å². The number of nitrogens with zero attached hydrogens (tertiary/aromatic N) is 5. The van der Waals surface area contributed by atoms with Gasteiger partial charge in [0.05, 0.1) is 12.0 Å². The maximum atomic E-state index is 4.48. The average Bonchev–Trinajstić information content (AvgIpc) is 2.93. The molecule has 0 aliphatic heterocycles. The number of imidazole rings is 1. The molecule has 0 unspecified atom stereocenters. The third-order valence-corrected chi connectivity index (χ3v) is 3.14. The summed E-state index contributed by atoms with van der Waals surface area (Å²) in [6.07, 6.45) is 5.61. The molecule has 0 fully saturated rings. The van der Waals surface area contributed by atoms with E-state index < -0.39 is 0 Å². The van der Waals surface area contributed by atoms with Crippen molar-refractivity contribution in [3.8, 4) is 0 Å². The van der Waals surface area contributed by atoms with Crippen molar-refractivity contribution in [3.05, 3.63) is 30.0 Å². The van der Waals surface area contributed by atoms with Crippen molar-refractivity contribution in [1.82, 2.24) is 24.6 Å². The molecule has 0 saturated carbocycles. The summed E-state index contributed by atoms with van der Waals surface area (Å²) >= 11 is 0. The first kappa shape index (κ1) is 13.6. The van der Waals surface area contributed by atoms with Crippen molar-refractivity contribution in [2.45, 2.75) is 20.0 Å². The summed E-state index contributed by atoms with van der Waals surface area (Å²) < 4.78 is 4.00. The molecule has 0 saturated heterocycles. The molecule has 6 heteroatoms. The van der Waals surface area contributed by atoms with Crippen LogP contribution in [0.3, 0.4) is 0 Å². The fourth-order valence-corrected chi connectivity index (χ4v) is 2.30. The Morgan fingerprint density at radius 3 is 2.79 bits per heavy atom. The van der Waals surface area contributed by atoms with Crippen molar-refractivity contribution in [2.75, 3.05) is 25.5 Å². The number of aryl methyl sites for hydroxylation is 2. The monoisotopic (exact) mass is 262 g/mol. The van der Waals surface area contributed by atoms with Crippen molar-refractivity contribution in [3.63, 3.8) is 0 Å². The Hall–Kier alpha value is -1.82. The first-order valence-electron chi connectivity index (χ1n) is 6.46. The Bertz CT molecular complexity index is 511. The third kappa shape index (κ3) is 3.14. The van der Waals surface area contributed by atoms with Gasteiger partial charge in [0, 0.05) is 58.7 Å². The van der Waals surface area contributed by atoms with Crippen LogP contribution in [0.4, 0.5) is 5.82 Å². The average molecular weight is 262 g/mol. The van der Waals surface area contributed by atoms with Gasteiger partial charge in [-0.15, -0.1) is 0 Å². The third-order valence-electron chi connectivity index (χ3n) is 3.14. The van der Waals surface area contributed by atoms with Crippen LogP contribution < -0.4 is 10.2 Å². The molecule has 0 bridgehead atoms. The maximum absolute atomic E-state index is 4.48. The highest BCUT2D eigenvalue weighted by Gasteiger charge is 2.13. The SMILES string of the molecule is Cc1nn(C)c(N(C)C)c1CNCCn1ccnc1. The van der Waals surface area contributed by atoms with Gasteiger partial charge in [-0.2, -0.15) is 5.10 Å². The van der Waals surface area contributed by atoms with Crippen molar-refractivity contribution >= 4 is 5.82 Å². The van der Waals surface area contributed by atoms with Crippen LogP contribution in [-0.4, -0.2) is 40.0 Å². The number of hydrogen-bond donors (Lipinski definition) is 1. The van der Waals surface area contributed by atoms with E-state index in [-0.39, 0.29) is 0 Å². The van der Waals surface area contributed by atoms with Gasteiger partial charge in [0.2, 0.25) is 0 Å². The number of aromatic nitrogens is 4. The molecule has 0 aromatic carbocycles. The van der Waals surface area contributed by atoms with Crippen LogP contribution in [0, 0.1) is 6.92 Å². The minimum atomic E-state index is 0.835. The lowest BCUT2D eigenvalue weighted by molar-refractivity contribution is 0.596. The summed E-state index contributed by atoms with van der Waals surface area (Å²) in [5, 5.41) is 7.94. The molecule has 2 heterocycles. The second-order valence-corrected chi connectivity index (χ2v) is 4.88. The fraction of sp³-hybridized carbons (Fsp3) is 0.538. The smallest absolute Gasteiger partial charge is 0.130 e. The summed E-state index contributed by atoms with van der Waals surface area (Å²) in [4.78, 5) is 6.13. The van der Waals surface area contributed by atoms with Crippen LogP contribution in [0.5, 0.6) is 0 Å². The summed E-state index contributed by atoms with van der Waals surface area (Å²) in [7, 11) is 6.08. The van der Waals surface area contributed by atoms with Gasteiger partial charge in [-0.05, 0) is 6.92 Å². The van der Waals surface area contributed by atoms with Crippen LogP contribution in [-0.2, 0) is 20.1 Å². The fourth-order valence-electron chi connectivity index (χ4n) is 2.30. The molecule has 2 aromatic rings. The first-order valence-corrected chi connectivity index (χ1v) is 6.46. The predicted octanol–water partition coefficient (Wildman–Crippen LogP) is 0.781. The van der Waals surface area contributed by atoms with E-state index in [0.717, 1.165) is 31.1 Å². The second kappa shape index (κ2) is 5.88. The van der Waals surface area contributed by atoms with E-state index in [2.05, 4.69) is 31.8 Å². The van der Waals surface area contributed by atoms with Gasteiger partial charge in [-0.25, -0.2) is 4.98 Å². The van der Waals surface area contributed by atoms with Crippen molar-refractivity contribution in [2.24, 2.45) is 7.05 Å². The molecule has 0 atom stereocenters. The minimum absolute atomic E-state index is 0.835. The van der Waals surface area contributed by atoms with Gasteiger partial charge >= 0.3 is 0 Å². The first-order chi connectivity index (χ1) is 9.09. The van der Waals surface area contributed by atoms with E-state index in [1.807, 2.05) is 38.3 Å². The molecular weight excluding hydrogens is 240 g/mol. The molecule has 1 N–H and O–H groups in total. The highest BCUT2D eigenvalue weighted by Crippen LogP contribution is 2.20. The van der Waals surface area contributed by atoms with Gasteiger partial charge < -0.3 is 14.8 Å². The van der Waals surface area contributed by atoms with E-state index in [1.165, 1.54) is 5.56 Å². The molecular formula is C13H22N6. The maximum Gasteiger partial charge on any atom is 0.130 e. The standard InChI is InChI=1S/C13H22N6/c1-11-12(13(17(2)3)18(4)16-11)9-14-5-7-19-8-6-15-10-19/h6,8,10,14H,5,7,9H2,1-4H3. The van der Waals surface area contributed by atoms with E-state index in [1.54, 1.807) is 6.20 Å². The van der Waals surface area contributed by atoms with E-state index in [9.17, 15) is 0 Å². The van der Waals surface area contributed by atoms with Crippen LogP contribution in [0.1, 0.15) is 11.3 Å². The minimum Gasteiger partial charge on any atom is -0.363 e. The molecule has 0 amide bonds. The molecule has 2 aromatic heterocycles. The normalized spacial score (nSPS) is 10.9. The molecule has 2 rings (SSSR count). The molecule has 0 aliphatic rings. The summed E-state index contributed by atoms with van der Waals surface area (Å²) in [5.41, 5.74) is 2.35. The molecule has 0 aliphatic carbocycles. The van der Waals surface area contributed by atoms with Crippen LogP contribution in [0.2, 0.25) is 0 Å². The molecule has 0 radical (unpaired) electrons. The predicted molar refractivity (Wildman–Crippen MR) is 76.2 cm³/mol. The van der Waals surface area contributed by atoms with Crippen LogP contribution in [0.25, 0.3) is 0 Å². The number of rotatable bonds is 6. The highest BCUT2D eigenvalue weighted by atomic mass is 15.4. The van der Waals surface area contributed by atoms with E-state index >= 15 is 0 Å². The largest absolute Gasteiger partial charge is 0.363 e. The number of nitrogens with one attached hydrogen (secondary N) is 1. The topological polar surface area (TPSA) is 50.9 Å². The lowest BCUT2D eigenvalue weighted by Gasteiger charge is -2.15.